The number of hydrogen-bond donors (Lipinski definition) is 1. The summed E-state index contributed by atoms with van der Waals surface area (Å²) in [7, 11) is 0. The van der Waals surface area contributed by atoms with Crippen LogP contribution in [0, 0.1) is 12.8 Å². The topological polar surface area (TPSA) is 52.7 Å². The van der Waals surface area contributed by atoms with Crippen LogP contribution in [0.25, 0.3) is 0 Å². The van der Waals surface area contributed by atoms with Crippen molar-refractivity contribution in [2.45, 2.75) is 39.7 Å². The second kappa shape index (κ2) is 7.56. The Bertz CT molecular complexity index is 650. The third-order valence-corrected chi connectivity index (χ3v) is 5.53. The molecule has 1 fully saturated rings. The lowest BCUT2D eigenvalue weighted by molar-refractivity contribution is -0.138. The van der Waals surface area contributed by atoms with Crippen LogP contribution in [0.15, 0.2) is 18.2 Å². The molecule has 0 spiro atoms. The molecule has 1 aliphatic carbocycles. The molecule has 1 heterocycles. The Hall–Kier alpha value is -1.88. The zero-order valence-electron chi connectivity index (χ0n) is 15.5. The number of nitrogens with zero attached hydrogens (tertiary/aromatic N) is 2. The summed E-state index contributed by atoms with van der Waals surface area (Å²) in [6, 6.07) is 7.04. The minimum atomic E-state index is 0.0953. The fourth-order valence-electron chi connectivity index (χ4n) is 4.04. The number of aryl methyl sites for hydroxylation is 1. The van der Waals surface area contributed by atoms with E-state index in [9.17, 15) is 9.59 Å². The second-order valence-electron chi connectivity index (χ2n) is 7.45. The van der Waals surface area contributed by atoms with Crippen molar-refractivity contribution < 1.29 is 9.59 Å². The molecule has 1 saturated heterocycles. The lowest BCUT2D eigenvalue weighted by atomic mass is 10.0. The summed E-state index contributed by atoms with van der Waals surface area (Å²) in [5.74, 6) is 0.842. The first-order chi connectivity index (χ1) is 12.0. The number of benzene rings is 1. The fourth-order valence-corrected chi connectivity index (χ4v) is 4.04. The lowest BCUT2D eigenvalue weighted by Crippen LogP contribution is -2.50. The largest absolute Gasteiger partial charge is 0.339 e. The van der Waals surface area contributed by atoms with Gasteiger partial charge < -0.3 is 15.1 Å². The summed E-state index contributed by atoms with van der Waals surface area (Å²) in [5.41, 5.74) is 4.12. The summed E-state index contributed by atoms with van der Waals surface area (Å²) in [6.45, 7) is 9.31. The van der Waals surface area contributed by atoms with Gasteiger partial charge in [0.15, 0.2) is 0 Å². The highest BCUT2D eigenvalue weighted by Crippen LogP contribution is 2.36. The van der Waals surface area contributed by atoms with E-state index in [4.69, 9.17) is 0 Å². The molecule has 25 heavy (non-hydrogen) atoms. The van der Waals surface area contributed by atoms with E-state index < -0.39 is 0 Å². The summed E-state index contributed by atoms with van der Waals surface area (Å²) in [5, 5.41) is 3.60. The van der Waals surface area contributed by atoms with Gasteiger partial charge in [-0.2, -0.15) is 0 Å². The van der Waals surface area contributed by atoms with Gasteiger partial charge >= 0.3 is 0 Å². The molecule has 2 aliphatic rings. The summed E-state index contributed by atoms with van der Waals surface area (Å²) in [6.07, 6.45) is 1.62. The van der Waals surface area contributed by atoms with Gasteiger partial charge in [0, 0.05) is 52.1 Å². The molecule has 0 unspecified atom stereocenters. The third kappa shape index (κ3) is 4.03. The Morgan fingerprint density at radius 2 is 1.84 bits per heavy atom. The van der Waals surface area contributed by atoms with Gasteiger partial charge in [-0.05, 0) is 30.4 Å². The molecular formula is C20H29N3O2. The van der Waals surface area contributed by atoms with E-state index in [0.29, 0.717) is 51.1 Å². The molecule has 1 aromatic rings. The molecule has 1 N–H and O–H groups in total. The predicted octanol–water partition coefficient (Wildman–Crippen LogP) is 1.90. The van der Waals surface area contributed by atoms with Crippen molar-refractivity contribution in [1.29, 1.82) is 0 Å². The first-order valence-corrected chi connectivity index (χ1v) is 9.32. The zero-order valence-corrected chi connectivity index (χ0v) is 15.5. The van der Waals surface area contributed by atoms with Crippen LogP contribution in [0.3, 0.4) is 0 Å². The van der Waals surface area contributed by atoms with Crippen LogP contribution in [-0.2, 0) is 16.0 Å². The number of amides is 2. The van der Waals surface area contributed by atoms with Gasteiger partial charge in [0.2, 0.25) is 11.8 Å². The molecule has 0 bridgehead atoms. The van der Waals surface area contributed by atoms with E-state index in [0.717, 1.165) is 6.42 Å². The van der Waals surface area contributed by atoms with Crippen LogP contribution in [-0.4, -0.2) is 54.3 Å². The molecule has 5 nitrogen and oxygen atoms in total. The van der Waals surface area contributed by atoms with Crippen LogP contribution >= 0.6 is 0 Å². The molecular weight excluding hydrogens is 314 g/mol. The Morgan fingerprint density at radius 1 is 1.16 bits per heavy atom. The molecule has 0 radical (unpaired) electrons. The third-order valence-electron chi connectivity index (χ3n) is 5.53. The highest BCUT2D eigenvalue weighted by molar-refractivity contribution is 5.77. The second-order valence-corrected chi connectivity index (χ2v) is 7.45. The normalized spacial score (nSPS) is 22.8. The van der Waals surface area contributed by atoms with Gasteiger partial charge in [0.25, 0.3) is 0 Å². The van der Waals surface area contributed by atoms with E-state index in [1.807, 2.05) is 9.80 Å². The standard InChI is InChI=1S/C20H29N3O2/c1-14-4-5-17-13-15(2)20(18(17)12-14)21-7-6-19(25)23-10-8-22(9-11-23)16(3)24/h4-5,12,15,20-21H,6-11,13H2,1-3H3/t15-,20-/m0/s1. The number of fused-ring (bicyclic) bond motifs is 1. The van der Waals surface area contributed by atoms with Gasteiger partial charge in [0.1, 0.15) is 0 Å². The number of piperazine rings is 1. The average Bonchev–Trinajstić information content (AvgIpc) is 2.90. The van der Waals surface area contributed by atoms with E-state index in [1.165, 1.54) is 16.7 Å². The Labute approximate surface area is 150 Å². The summed E-state index contributed by atoms with van der Waals surface area (Å²) >= 11 is 0. The smallest absolute Gasteiger partial charge is 0.223 e. The Morgan fingerprint density at radius 3 is 2.52 bits per heavy atom. The Balaban J connectivity index is 1.48. The summed E-state index contributed by atoms with van der Waals surface area (Å²) in [4.78, 5) is 27.5. The quantitative estimate of drug-likeness (QED) is 0.908. The van der Waals surface area contributed by atoms with E-state index >= 15 is 0 Å². The number of rotatable bonds is 4. The molecule has 0 saturated carbocycles. The molecule has 3 rings (SSSR count). The van der Waals surface area contributed by atoms with Crippen LogP contribution in [0.2, 0.25) is 0 Å². The van der Waals surface area contributed by atoms with Crippen LogP contribution in [0.5, 0.6) is 0 Å². The van der Waals surface area contributed by atoms with Crippen LogP contribution in [0.4, 0.5) is 0 Å². The van der Waals surface area contributed by atoms with Crippen molar-refractivity contribution in [1.82, 2.24) is 15.1 Å². The number of carbonyl (C=O) groups is 2. The highest BCUT2D eigenvalue weighted by atomic mass is 16.2. The number of nitrogens with one attached hydrogen (secondary N) is 1. The SMILES string of the molecule is CC(=O)N1CCN(C(=O)CCN[C@@H]2c3cc(C)ccc3C[C@@H]2C)CC1. The number of carbonyl (C=O) groups excluding carboxylic acids is 2. The van der Waals surface area contributed by atoms with Crippen molar-refractivity contribution in [3.05, 3.63) is 34.9 Å². The van der Waals surface area contributed by atoms with Gasteiger partial charge in [-0.1, -0.05) is 30.7 Å². The van der Waals surface area contributed by atoms with Gasteiger partial charge in [-0.3, -0.25) is 9.59 Å². The Kier molecular flexibility index (Phi) is 5.42. The fraction of sp³-hybridized carbons (Fsp3) is 0.600. The maximum Gasteiger partial charge on any atom is 0.223 e. The average molecular weight is 343 g/mol. The summed E-state index contributed by atoms with van der Waals surface area (Å²) < 4.78 is 0. The molecule has 1 aromatic carbocycles. The highest BCUT2D eigenvalue weighted by Gasteiger charge is 2.29. The molecule has 136 valence electrons. The minimum absolute atomic E-state index is 0.0953. The van der Waals surface area contributed by atoms with E-state index in [1.54, 1.807) is 6.92 Å². The maximum absolute atomic E-state index is 12.4. The van der Waals surface area contributed by atoms with Gasteiger partial charge in [-0.15, -0.1) is 0 Å². The van der Waals surface area contributed by atoms with Gasteiger partial charge in [0.05, 0.1) is 0 Å². The molecule has 0 aromatic heterocycles. The monoisotopic (exact) mass is 343 g/mol. The van der Waals surface area contributed by atoms with Crippen molar-refractivity contribution in [2.75, 3.05) is 32.7 Å². The van der Waals surface area contributed by atoms with Crippen LogP contribution < -0.4 is 5.32 Å². The van der Waals surface area contributed by atoms with Crippen molar-refractivity contribution in [3.63, 3.8) is 0 Å². The first-order valence-electron chi connectivity index (χ1n) is 9.32. The van der Waals surface area contributed by atoms with Crippen molar-refractivity contribution in [2.24, 2.45) is 5.92 Å². The van der Waals surface area contributed by atoms with Crippen molar-refractivity contribution in [3.8, 4) is 0 Å². The maximum atomic E-state index is 12.4. The zero-order chi connectivity index (χ0) is 18.0. The predicted molar refractivity (Wildman–Crippen MR) is 98.2 cm³/mol. The molecule has 5 heteroatoms. The first kappa shape index (κ1) is 17.9. The van der Waals surface area contributed by atoms with E-state index in [-0.39, 0.29) is 11.8 Å². The lowest BCUT2D eigenvalue weighted by Gasteiger charge is -2.34. The van der Waals surface area contributed by atoms with E-state index in [2.05, 4.69) is 37.4 Å². The molecule has 2 amide bonds. The molecule has 2 atom stereocenters. The number of hydrogen-bond acceptors (Lipinski definition) is 3. The minimum Gasteiger partial charge on any atom is -0.339 e. The van der Waals surface area contributed by atoms with Crippen molar-refractivity contribution >= 4 is 11.8 Å². The molecule has 1 aliphatic heterocycles. The van der Waals surface area contributed by atoms with Crippen LogP contribution in [0.1, 0.15) is 43.0 Å². The van der Waals surface area contributed by atoms with Gasteiger partial charge in [-0.25, -0.2) is 0 Å².